The zero-order valence-corrected chi connectivity index (χ0v) is 10.7. The molecule has 0 radical (unpaired) electrons. The van der Waals surface area contributed by atoms with Gasteiger partial charge in [-0.2, -0.15) is 13.2 Å². The second kappa shape index (κ2) is 5.81. The highest BCUT2D eigenvalue weighted by Gasteiger charge is 2.31. The van der Waals surface area contributed by atoms with Crippen LogP contribution in [0.3, 0.4) is 0 Å². The van der Waals surface area contributed by atoms with Crippen molar-refractivity contribution in [2.24, 2.45) is 0 Å². The average Bonchev–Trinajstić information content (AvgIpc) is 2.37. The van der Waals surface area contributed by atoms with Crippen LogP contribution in [0, 0.1) is 11.6 Å². The van der Waals surface area contributed by atoms with Crippen LogP contribution < -0.4 is 0 Å². The Balaban J connectivity index is 2.28. The van der Waals surface area contributed by atoms with Crippen molar-refractivity contribution < 1.29 is 27.1 Å². The fraction of sp³-hybridized carbons (Fsp3) is 0.200. The van der Waals surface area contributed by atoms with Gasteiger partial charge < -0.3 is 5.11 Å². The smallest absolute Gasteiger partial charge is 0.388 e. The summed E-state index contributed by atoms with van der Waals surface area (Å²) in [6.45, 7) is 0. The summed E-state index contributed by atoms with van der Waals surface area (Å²) in [6, 6.07) is 7.06. The summed E-state index contributed by atoms with van der Waals surface area (Å²) in [7, 11) is 0. The number of hydrogen-bond donors (Lipinski definition) is 1. The molecule has 0 aliphatic rings. The first-order valence-electron chi connectivity index (χ1n) is 6.06. The van der Waals surface area contributed by atoms with Crippen LogP contribution >= 0.6 is 0 Å². The van der Waals surface area contributed by atoms with E-state index in [1.807, 2.05) is 0 Å². The SMILES string of the molecule is OC(Cc1cccc(F)c1)c1cc(C(F)(F)F)ccc1F. The molecule has 0 aromatic heterocycles. The van der Waals surface area contributed by atoms with Gasteiger partial charge in [0.2, 0.25) is 0 Å². The fourth-order valence-corrected chi connectivity index (χ4v) is 1.97. The Morgan fingerprint density at radius 2 is 1.71 bits per heavy atom. The molecule has 0 saturated heterocycles. The summed E-state index contributed by atoms with van der Waals surface area (Å²) in [5.74, 6) is -1.48. The number of aliphatic hydroxyl groups is 1. The Hall–Kier alpha value is -1.95. The molecule has 0 aliphatic heterocycles. The van der Waals surface area contributed by atoms with Crippen LogP contribution in [0.1, 0.15) is 22.8 Å². The van der Waals surface area contributed by atoms with E-state index in [1.54, 1.807) is 0 Å². The van der Waals surface area contributed by atoms with Gasteiger partial charge in [-0.3, -0.25) is 0 Å². The minimum atomic E-state index is -4.62. The van der Waals surface area contributed by atoms with Crippen LogP contribution in [0.5, 0.6) is 0 Å². The van der Waals surface area contributed by atoms with Crippen molar-refractivity contribution in [2.45, 2.75) is 18.7 Å². The lowest BCUT2D eigenvalue weighted by atomic mass is 9.99. The summed E-state index contributed by atoms with van der Waals surface area (Å²) in [6.07, 6.45) is -6.30. The molecule has 0 fully saturated rings. The van der Waals surface area contributed by atoms with E-state index in [0.29, 0.717) is 23.8 Å². The Labute approximate surface area is 117 Å². The predicted octanol–water partition coefficient (Wildman–Crippen LogP) is 4.26. The number of alkyl halides is 3. The third kappa shape index (κ3) is 3.78. The number of benzene rings is 2. The molecule has 2 aromatic carbocycles. The molecule has 2 aromatic rings. The number of rotatable bonds is 3. The van der Waals surface area contributed by atoms with E-state index >= 15 is 0 Å². The van der Waals surface area contributed by atoms with E-state index < -0.39 is 35.0 Å². The maximum atomic E-state index is 13.6. The second-order valence-corrected chi connectivity index (χ2v) is 4.58. The monoisotopic (exact) mass is 302 g/mol. The molecule has 1 N–H and O–H groups in total. The third-order valence-electron chi connectivity index (χ3n) is 3.00. The molecule has 0 bridgehead atoms. The van der Waals surface area contributed by atoms with Crippen molar-refractivity contribution in [1.82, 2.24) is 0 Å². The maximum Gasteiger partial charge on any atom is 0.416 e. The van der Waals surface area contributed by atoms with Gasteiger partial charge in [0.05, 0.1) is 11.7 Å². The van der Waals surface area contributed by atoms with E-state index in [0.717, 1.165) is 6.07 Å². The molecular formula is C15H11F5O. The van der Waals surface area contributed by atoms with Gasteiger partial charge in [-0.1, -0.05) is 12.1 Å². The molecule has 6 heteroatoms. The quantitative estimate of drug-likeness (QED) is 0.840. The zero-order chi connectivity index (χ0) is 15.6. The predicted molar refractivity (Wildman–Crippen MR) is 66.5 cm³/mol. The lowest BCUT2D eigenvalue weighted by Crippen LogP contribution is -2.10. The molecule has 0 saturated carbocycles. The highest BCUT2D eigenvalue weighted by atomic mass is 19.4. The summed E-state index contributed by atoms with van der Waals surface area (Å²) < 4.78 is 64.4. The minimum absolute atomic E-state index is 0.185. The summed E-state index contributed by atoms with van der Waals surface area (Å²) in [5, 5.41) is 9.91. The van der Waals surface area contributed by atoms with Crippen molar-refractivity contribution >= 4 is 0 Å². The highest BCUT2D eigenvalue weighted by molar-refractivity contribution is 5.30. The Kier molecular flexibility index (Phi) is 4.27. The molecule has 2 rings (SSSR count). The van der Waals surface area contributed by atoms with E-state index in [-0.39, 0.29) is 6.42 Å². The Bertz CT molecular complexity index is 636. The summed E-state index contributed by atoms with van der Waals surface area (Å²) in [4.78, 5) is 0. The third-order valence-corrected chi connectivity index (χ3v) is 3.00. The molecule has 1 unspecified atom stereocenters. The van der Waals surface area contributed by atoms with Gasteiger partial charge in [0.1, 0.15) is 11.6 Å². The van der Waals surface area contributed by atoms with Crippen molar-refractivity contribution in [1.29, 1.82) is 0 Å². The standard InChI is InChI=1S/C15H11F5O/c16-11-3-1-2-9(6-11)7-14(21)12-8-10(15(18,19)20)4-5-13(12)17/h1-6,8,14,21H,7H2. The van der Waals surface area contributed by atoms with Crippen LogP contribution in [0.4, 0.5) is 22.0 Å². The number of halogens is 5. The molecule has 21 heavy (non-hydrogen) atoms. The van der Waals surface area contributed by atoms with Crippen LogP contribution in [-0.2, 0) is 12.6 Å². The zero-order valence-electron chi connectivity index (χ0n) is 10.7. The van der Waals surface area contributed by atoms with Crippen LogP contribution in [0.15, 0.2) is 42.5 Å². The fourth-order valence-electron chi connectivity index (χ4n) is 1.97. The van der Waals surface area contributed by atoms with E-state index in [9.17, 15) is 27.1 Å². The van der Waals surface area contributed by atoms with Gasteiger partial charge in [-0.25, -0.2) is 8.78 Å². The van der Waals surface area contributed by atoms with E-state index in [1.165, 1.54) is 18.2 Å². The normalized spacial score (nSPS) is 13.2. The van der Waals surface area contributed by atoms with Crippen LogP contribution in [0.2, 0.25) is 0 Å². The largest absolute Gasteiger partial charge is 0.416 e. The molecule has 0 amide bonds. The Morgan fingerprint density at radius 1 is 1.00 bits per heavy atom. The van der Waals surface area contributed by atoms with Crippen LogP contribution in [-0.4, -0.2) is 5.11 Å². The van der Waals surface area contributed by atoms with Gasteiger partial charge in [-0.15, -0.1) is 0 Å². The first-order valence-corrected chi connectivity index (χ1v) is 6.06. The molecule has 0 heterocycles. The first-order chi connectivity index (χ1) is 9.77. The Morgan fingerprint density at radius 3 is 2.33 bits per heavy atom. The lowest BCUT2D eigenvalue weighted by Gasteiger charge is -2.15. The van der Waals surface area contributed by atoms with Crippen LogP contribution in [0.25, 0.3) is 0 Å². The molecule has 1 atom stereocenters. The molecule has 0 aliphatic carbocycles. The van der Waals surface area contributed by atoms with Crippen molar-refractivity contribution in [2.75, 3.05) is 0 Å². The second-order valence-electron chi connectivity index (χ2n) is 4.58. The van der Waals surface area contributed by atoms with Crippen molar-refractivity contribution in [3.63, 3.8) is 0 Å². The molecular weight excluding hydrogens is 291 g/mol. The van der Waals surface area contributed by atoms with E-state index in [4.69, 9.17) is 0 Å². The van der Waals surface area contributed by atoms with Gasteiger partial charge in [0.25, 0.3) is 0 Å². The average molecular weight is 302 g/mol. The van der Waals surface area contributed by atoms with Gasteiger partial charge in [0.15, 0.2) is 0 Å². The number of hydrogen-bond acceptors (Lipinski definition) is 1. The van der Waals surface area contributed by atoms with Gasteiger partial charge in [-0.05, 0) is 35.9 Å². The molecule has 0 spiro atoms. The van der Waals surface area contributed by atoms with Gasteiger partial charge in [0, 0.05) is 12.0 Å². The molecule has 1 nitrogen and oxygen atoms in total. The van der Waals surface area contributed by atoms with Crippen molar-refractivity contribution in [3.8, 4) is 0 Å². The highest BCUT2D eigenvalue weighted by Crippen LogP contribution is 2.32. The molecule has 112 valence electrons. The lowest BCUT2D eigenvalue weighted by molar-refractivity contribution is -0.137. The first kappa shape index (κ1) is 15.4. The number of aliphatic hydroxyl groups excluding tert-OH is 1. The topological polar surface area (TPSA) is 20.2 Å². The van der Waals surface area contributed by atoms with E-state index in [2.05, 4.69) is 0 Å². The van der Waals surface area contributed by atoms with Gasteiger partial charge >= 0.3 is 6.18 Å². The maximum absolute atomic E-state index is 13.6. The summed E-state index contributed by atoms with van der Waals surface area (Å²) >= 11 is 0. The van der Waals surface area contributed by atoms with Crippen molar-refractivity contribution in [3.05, 3.63) is 70.8 Å². The summed E-state index contributed by atoms with van der Waals surface area (Å²) in [5.41, 5.74) is -1.15. The minimum Gasteiger partial charge on any atom is -0.388 e.